The second-order valence-electron chi connectivity index (χ2n) is 7.11. The van der Waals surface area contributed by atoms with Crippen molar-refractivity contribution in [1.82, 2.24) is 20.1 Å². The van der Waals surface area contributed by atoms with Crippen LogP contribution in [0.5, 0.6) is 5.88 Å². The van der Waals surface area contributed by atoms with E-state index in [1.165, 1.54) is 12.3 Å². The third-order valence-corrected chi connectivity index (χ3v) is 4.95. The maximum Gasteiger partial charge on any atom is 0.422 e. The number of morpholine rings is 1. The average molecular weight is 543 g/mol. The summed E-state index contributed by atoms with van der Waals surface area (Å²) in [6, 6.07) is 3.72. The maximum atomic E-state index is 12.3. The Morgan fingerprint density at radius 3 is 2.80 bits per heavy atom. The molecule has 3 rings (SSSR count). The molecular weight excluding hydrogens is 514 g/mol. The minimum atomic E-state index is -4.39. The topological polar surface area (TPSA) is 62.2 Å². The number of rotatable bonds is 6. The van der Waals surface area contributed by atoms with E-state index in [2.05, 4.69) is 25.1 Å². The van der Waals surface area contributed by atoms with Crippen LogP contribution >= 0.6 is 24.0 Å². The molecule has 0 aliphatic carbocycles. The fourth-order valence-corrected chi connectivity index (χ4v) is 3.55. The minimum absolute atomic E-state index is 0. The van der Waals surface area contributed by atoms with Gasteiger partial charge in [-0.25, -0.2) is 9.98 Å². The molecule has 1 atom stereocenters. The summed E-state index contributed by atoms with van der Waals surface area (Å²) in [5, 5.41) is 3.32. The molecule has 2 aliphatic rings. The highest BCUT2D eigenvalue weighted by atomic mass is 127. The fourth-order valence-electron chi connectivity index (χ4n) is 3.55. The smallest absolute Gasteiger partial charge is 0.422 e. The Kier molecular flexibility index (Phi) is 9.88. The van der Waals surface area contributed by atoms with E-state index in [1.807, 2.05) is 6.92 Å². The zero-order chi connectivity index (χ0) is 20.7. The first kappa shape index (κ1) is 24.9. The number of nitrogens with one attached hydrogen (secondary N) is 1. The standard InChI is InChI=1S/C19H28F3N5O2.HI/c1-2-23-18(27-6-4-16(13-27)26-7-9-28-10-8-26)25-12-15-3-5-24-17(11-15)29-14-19(20,21)22;/h3,5,11,16H,2,4,6-10,12-14H2,1H3,(H,23,25);1H. The summed E-state index contributed by atoms with van der Waals surface area (Å²) in [6.45, 7) is 7.06. The molecule has 2 fully saturated rings. The summed E-state index contributed by atoms with van der Waals surface area (Å²) in [4.78, 5) is 13.2. The number of pyridine rings is 1. The molecule has 30 heavy (non-hydrogen) atoms. The van der Waals surface area contributed by atoms with Gasteiger partial charge in [0.2, 0.25) is 5.88 Å². The molecule has 0 radical (unpaired) electrons. The van der Waals surface area contributed by atoms with Gasteiger partial charge in [-0.05, 0) is 25.0 Å². The zero-order valence-corrected chi connectivity index (χ0v) is 19.4. The van der Waals surface area contributed by atoms with Crippen molar-refractivity contribution in [2.75, 3.05) is 52.5 Å². The molecule has 7 nitrogen and oxygen atoms in total. The maximum absolute atomic E-state index is 12.3. The molecule has 0 amide bonds. The van der Waals surface area contributed by atoms with Gasteiger partial charge in [0.05, 0.1) is 19.8 Å². The van der Waals surface area contributed by atoms with E-state index in [4.69, 9.17) is 9.47 Å². The van der Waals surface area contributed by atoms with Crippen molar-refractivity contribution < 1.29 is 22.6 Å². The van der Waals surface area contributed by atoms with Crippen LogP contribution in [-0.2, 0) is 11.3 Å². The molecule has 1 aromatic rings. The molecular formula is C19H29F3IN5O2. The minimum Gasteiger partial charge on any atom is -0.468 e. The molecule has 2 saturated heterocycles. The summed E-state index contributed by atoms with van der Waals surface area (Å²) in [6.07, 6.45) is -1.87. The average Bonchev–Trinajstić information content (AvgIpc) is 3.20. The highest BCUT2D eigenvalue weighted by Crippen LogP contribution is 2.19. The van der Waals surface area contributed by atoms with E-state index < -0.39 is 12.8 Å². The van der Waals surface area contributed by atoms with Gasteiger partial charge in [0.1, 0.15) is 0 Å². The molecule has 0 spiro atoms. The quantitative estimate of drug-likeness (QED) is 0.338. The van der Waals surface area contributed by atoms with Crippen molar-refractivity contribution in [2.45, 2.75) is 32.1 Å². The van der Waals surface area contributed by atoms with Gasteiger partial charge in [-0.15, -0.1) is 24.0 Å². The zero-order valence-electron chi connectivity index (χ0n) is 17.0. The van der Waals surface area contributed by atoms with Gasteiger partial charge < -0.3 is 19.7 Å². The lowest BCUT2D eigenvalue weighted by Crippen LogP contribution is -2.46. The molecule has 3 heterocycles. The fraction of sp³-hybridized carbons (Fsp3) is 0.684. The number of aliphatic imine (C=N–C) groups is 1. The van der Waals surface area contributed by atoms with Crippen molar-refractivity contribution >= 4 is 29.9 Å². The van der Waals surface area contributed by atoms with Gasteiger partial charge in [-0.3, -0.25) is 4.90 Å². The molecule has 2 aliphatic heterocycles. The molecule has 170 valence electrons. The molecule has 0 bridgehead atoms. The van der Waals surface area contributed by atoms with E-state index in [-0.39, 0.29) is 29.9 Å². The predicted molar refractivity (Wildman–Crippen MR) is 118 cm³/mol. The Hall–Kier alpha value is -1.34. The number of hydrogen-bond donors (Lipinski definition) is 1. The molecule has 0 aromatic carbocycles. The normalized spacial score (nSPS) is 20.7. The van der Waals surface area contributed by atoms with Gasteiger partial charge in [0, 0.05) is 51.0 Å². The number of guanidine groups is 1. The Balaban J connectivity index is 0.00000320. The molecule has 11 heteroatoms. The van der Waals surface area contributed by atoms with Crippen molar-refractivity contribution in [2.24, 2.45) is 4.99 Å². The van der Waals surface area contributed by atoms with Gasteiger partial charge >= 0.3 is 6.18 Å². The SMILES string of the molecule is CCNC(=NCc1ccnc(OCC(F)(F)F)c1)N1CCC(N2CCOCC2)C1.I. The van der Waals surface area contributed by atoms with Crippen LogP contribution < -0.4 is 10.1 Å². The Morgan fingerprint density at radius 2 is 2.10 bits per heavy atom. The van der Waals surface area contributed by atoms with Crippen LogP contribution in [0.25, 0.3) is 0 Å². The summed E-state index contributed by atoms with van der Waals surface area (Å²) in [7, 11) is 0. The first-order valence-electron chi connectivity index (χ1n) is 9.94. The number of alkyl halides is 3. The van der Waals surface area contributed by atoms with Gasteiger partial charge in [-0.1, -0.05) is 0 Å². The molecule has 1 aromatic heterocycles. The third kappa shape index (κ3) is 7.73. The Bertz CT molecular complexity index is 686. The summed E-state index contributed by atoms with van der Waals surface area (Å²) >= 11 is 0. The van der Waals surface area contributed by atoms with E-state index in [9.17, 15) is 13.2 Å². The van der Waals surface area contributed by atoms with Crippen LogP contribution in [0.2, 0.25) is 0 Å². The van der Waals surface area contributed by atoms with Crippen LogP contribution in [0.3, 0.4) is 0 Å². The number of ether oxygens (including phenoxy) is 2. The highest BCUT2D eigenvalue weighted by molar-refractivity contribution is 14.0. The first-order chi connectivity index (χ1) is 13.9. The Labute approximate surface area is 192 Å². The largest absolute Gasteiger partial charge is 0.468 e. The first-order valence-corrected chi connectivity index (χ1v) is 9.94. The van der Waals surface area contributed by atoms with Crippen LogP contribution in [0.15, 0.2) is 23.3 Å². The number of likely N-dealkylation sites (tertiary alicyclic amines) is 1. The Morgan fingerprint density at radius 1 is 1.33 bits per heavy atom. The molecule has 1 unspecified atom stereocenters. The highest BCUT2D eigenvalue weighted by Gasteiger charge is 2.30. The lowest BCUT2D eigenvalue weighted by molar-refractivity contribution is -0.154. The second-order valence-corrected chi connectivity index (χ2v) is 7.11. The summed E-state index contributed by atoms with van der Waals surface area (Å²) in [5.74, 6) is 0.770. The van der Waals surface area contributed by atoms with Crippen molar-refractivity contribution in [1.29, 1.82) is 0 Å². The van der Waals surface area contributed by atoms with E-state index >= 15 is 0 Å². The van der Waals surface area contributed by atoms with E-state index in [1.54, 1.807) is 6.07 Å². The second kappa shape index (κ2) is 11.9. The van der Waals surface area contributed by atoms with Crippen LogP contribution in [0.1, 0.15) is 18.9 Å². The predicted octanol–water partition coefficient (Wildman–Crippen LogP) is 2.51. The van der Waals surface area contributed by atoms with Crippen LogP contribution in [-0.4, -0.2) is 85.5 Å². The van der Waals surface area contributed by atoms with Crippen LogP contribution in [0.4, 0.5) is 13.2 Å². The van der Waals surface area contributed by atoms with Gasteiger partial charge in [0.15, 0.2) is 12.6 Å². The van der Waals surface area contributed by atoms with E-state index in [0.29, 0.717) is 12.6 Å². The van der Waals surface area contributed by atoms with Gasteiger partial charge in [0.25, 0.3) is 0 Å². The van der Waals surface area contributed by atoms with Crippen molar-refractivity contribution in [3.63, 3.8) is 0 Å². The number of aromatic nitrogens is 1. The lowest BCUT2D eigenvalue weighted by Gasteiger charge is -2.32. The number of nitrogens with zero attached hydrogens (tertiary/aromatic N) is 4. The third-order valence-electron chi connectivity index (χ3n) is 4.95. The summed E-state index contributed by atoms with van der Waals surface area (Å²) < 4.78 is 47.1. The van der Waals surface area contributed by atoms with Crippen molar-refractivity contribution in [3.05, 3.63) is 23.9 Å². The number of hydrogen-bond acceptors (Lipinski definition) is 5. The monoisotopic (exact) mass is 543 g/mol. The van der Waals surface area contributed by atoms with Crippen molar-refractivity contribution in [3.8, 4) is 5.88 Å². The lowest BCUT2D eigenvalue weighted by atomic mass is 10.2. The number of halogens is 4. The van der Waals surface area contributed by atoms with E-state index in [0.717, 1.165) is 63.9 Å². The van der Waals surface area contributed by atoms with Gasteiger partial charge in [-0.2, -0.15) is 13.2 Å². The van der Waals surface area contributed by atoms with Crippen LogP contribution in [0, 0.1) is 0 Å². The summed E-state index contributed by atoms with van der Waals surface area (Å²) in [5.41, 5.74) is 0.747. The molecule has 1 N–H and O–H groups in total. The molecule has 0 saturated carbocycles.